The Hall–Kier alpha value is -5.67. The molecule has 0 aliphatic heterocycles. The van der Waals surface area contributed by atoms with Crippen LogP contribution in [-0.4, -0.2) is 90.5 Å². The average Bonchev–Trinajstić information content (AvgIpc) is 3.40. The van der Waals surface area contributed by atoms with E-state index < -0.39 is 49.6 Å². The SMILES string of the molecule is CCS(=O)(=O)O.CCS(=O)(=O)O.CNCC(=O)O[C@H](C)Cn1c(C)c(C(=O)Nc2ccc(Oc3ccnc4cc(OC)ccc34)c(F)c2)c(=O)n1-c1ccccc1. The van der Waals surface area contributed by atoms with Crippen LogP contribution in [0.3, 0.4) is 0 Å². The van der Waals surface area contributed by atoms with Gasteiger partial charge in [-0.05, 0) is 77.2 Å². The van der Waals surface area contributed by atoms with Gasteiger partial charge in [-0.1, -0.05) is 18.2 Å². The summed E-state index contributed by atoms with van der Waals surface area (Å²) in [7, 11) is -4.14. The molecule has 17 nitrogen and oxygen atoms in total. The van der Waals surface area contributed by atoms with Crippen molar-refractivity contribution in [2.75, 3.05) is 37.5 Å². The number of aromatic nitrogens is 3. The van der Waals surface area contributed by atoms with Gasteiger partial charge in [0.1, 0.15) is 23.2 Å². The monoisotopic (exact) mass is 833 g/mol. The van der Waals surface area contributed by atoms with Crippen molar-refractivity contribution >= 4 is 48.7 Å². The van der Waals surface area contributed by atoms with Crippen molar-refractivity contribution in [3.8, 4) is 22.9 Å². The average molecular weight is 834 g/mol. The summed E-state index contributed by atoms with van der Waals surface area (Å²) in [5.41, 5.74) is 0.901. The minimum absolute atomic E-state index is 0.0307. The number of fused-ring (bicyclic) bond motifs is 1. The Kier molecular flexibility index (Phi) is 16.4. The number of hydrogen-bond donors (Lipinski definition) is 4. The summed E-state index contributed by atoms with van der Waals surface area (Å²) in [6.45, 7) is 6.21. The van der Waals surface area contributed by atoms with E-state index in [2.05, 4.69) is 15.6 Å². The van der Waals surface area contributed by atoms with Crippen molar-refractivity contribution in [2.45, 2.75) is 40.3 Å². The van der Waals surface area contributed by atoms with Gasteiger partial charge in [0.15, 0.2) is 11.6 Å². The Balaban J connectivity index is 0.000000631. The Morgan fingerprint density at radius 1 is 0.930 bits per heavy atom. The van der Waals surface area contributed by atoms with E-state index in [1.165, 1.54) is 30.7 Å². The first-order chi connectivity index (χ1) is 26.8. The highest BCUT2D eigenvalue weighted by Gasteiger charge is 2.26. The molecule has 2 heterocycles. The molecule has 2 aromatic heterocycles. The van der Waals surface area contributed by atoms with Gasteiger partial charge in [0, 0.05) is 29.4 Å². The van der Waals surface area contributed by atoms with E-state index in [1.54, 1.807) is 93.5 Å². The Labute approximate surface area is 328 Å². The lowest BCUT2D eigenvalue weighted by atomic mass is 10.2. The molecule has 0 bridgehead atoms. The summed E-state index contributed by atoms with van der Waals surface area (Å²) >= 11 is 0. The number of rotatable bonds is 13. The van der Waals surface area contributed by atoms with Crippen LogP contribution in [-0.2, 0) is 36.3 Å². The summed E-state index contributed by atoms with van der Waals surface area (Å²) in [5, 5.41) is 6.03. The maximum Gasteiger partial charge on any atom is 0.320 e. The van der Waals surface area contributed by atoms with Crippen LogP contribution < -0.4 is 25.7 Å². The largest absolute Gasteiger partial charge is 0.497 e. The van der Waals surface area contributed by atoms with E-state index in [4.69, 9.17) is 23.3 Å². The predicted octanol–water partition coefficient (Wildman–Crippen LogP) is 4.63. The van der Waals surface area contributed by atoms with Crippen LogP contribution in [0.1, 0.15) is 36.8 Å². The van der Waals surface area contributed by atoms with Gasteiger partial charge in [-0.2, -0.15) is 16.8 Å². The molecule has 0 aliphatic rings. The fourth-order valence-electron chi connectivity index (χ4n) is 4.94. The Bertz CT molecular complexity index is 2420. The molecular weight excluding hydrogens is 790 g/mol. The Morgan fingerprint density at radius 2 is 1.56 bits per heavy atom. The zero-order valence-electron chi connectivity index (χ0n) is 31.9. The van der Waals surface area contributed by atoms with Crippen molar-refractivity contribution in [1.82, 2.24) is 19.7 Å². The molecule has 0 unspecified atom stereocenters. The molecule has 57 heavy (non-hydrogen) atoms. The van der Waals surface area contributed by atoms with Crippen molar-refractivity contribution in [3.05, 3.63) is 106 Å². The summed E-state index contributed by atoms with van der Waals surface area (Å²) in [4.78, 5) is 43.5. The smallest absolute Gasteiger partial charge is 0.320 e. The normalized spacial score (nSPS) is 11.7. The van der Waals surface area contributed by atoms with Crippen LogP contribution in [0, 0.1) is 12.7 Å². The second kappa shape index (κ2) is 20.5. The standard InChI is InChI=1S/C33H32FN5O6.2C2H6O3S/c1-20(44-30(40)18-35-3)19-38-21(2)31(33(42)39(38)23-8-6-5-7-9-23)32(41)37-22-10-13-29(26(34)16-22)45-28-14-15-36-27-17-24(43-4)11-12-25(27)28;2*1-2-6(3,4)5/h5-17,20,35H,18-19H2,1-4H3,(H,37,41);2*2H2,1H3,(H,3,4,5)/t20-;;/m1../s1. The van der Waals surface area contributed by atoms with E-state index in [1.807, 2.05) is 0 Å². The molecule has 0 spiro atoms. The molecule has 0 fully saturated rings. The molecule has 308 valence electrons. The van der Waals surface area contributed by atoms with Crippen molar-refractivity contribution in [2.24, 2.45) is 0 Å². The molecule has 5 aromatic rings. The van der Waals surface area contributed by atoms with E-state index in [9.17, 15) is 31.2 Å². The third kappa shape index (κ3) is 13.5. The molecule has 20 heteroatoms. The van der Waals surface area contributed by atoms with Gasteiger partial charge < -0.3 is 24.8 Å². The molecule has 0 saturated carbocycles. The van der Waals surface area contributed by atoms with Gasteiger partial charge in [0.25, 0.3) is 31.7 Å². The second-order valence-electron chi connectivity index (χ2n) is 12.0. The first-order valence-electron chi connectivity index (χ1n) is 17.2. The maximum absolute atomic E-state index is 15.2. The summed E-state index contributed by atoms with van der Waals surface area (Å²) in [6.07, 6.45) is 0.941. The van der Waals surface area contributed by atoms with E-state index in [0.29, 0.717) is 33.8 Å². The number of amides is 1. The van der Waals surface area contributed by atoms with E-state index >= 15 is 4.39 Å². The lowest BCUT2D eigenvalue weighted by Gasteiger charge is -2.18. The number of likely N-dealkylation sites (N-methyl/N-ethyl adjacent to an activating group) is 1. The minimum atomic E-state index is -3.66. The number of methoxy groups -OCH3 is 1. The first-order valence-corrected chi connectivity index (χ1v) is 20.4. The highest BCUT2D eigenvalue weighted by Crippen LogP contribution is 2.33. The van der Waals surface area contributed by atoms with Gasteiger partial charge in [0.2, 0.25) is 0 Å². The number of benzene rings is 3. The van der Waals surface area contributed by atoms with Crippen LogP contribution >= 0.6 is 0 Å². The fourth-order valence-corrected chi connectivity index (χ4v) is 4.94. The number of esters is 1. The number of carbonyl (C=O) groups is 2. The molecule has 5 rings (SSSR count). The maximum atomic E-state index is 15.2. The topological polar surface area (TPSA) is 234 Å². The molecule has 1 atom stereocenters. The minimum Gasteiger partial charge on any atom is -0.497 e. The van der Waals surface area contributed by atoms with Gasteiger partial charge in [-0.25, -0.2) is 9.07 Å². The summed E-state index contributed by atoms with van der Waals surface area (Å²) < 4.78 is 88.6. The number of pyridine rings is 1. The van der Waals surface area contributed by atoms with Gasteiger partial charge in [0.05, 0.1) is 48.6 Å². The molecule has 0 saturated heterocycles. The van der Waals surface area contributed by atoms with Crippen LogP contribution in [0.25, 0.3) is 16.6 Å². The number of hydrogen-bond acceptors (Lipinski definition) is 12. The molecule has 3 aromatic carbocycles. The van der Waals surface area contributed by atoms with Crippen LogP contribution in [0.5, 0.6) is 17.2 Å². The zero-order chi connectivity index (χ0) is 42.5. The van der Waals surface area contributed by atoms with Crippen molar-refractivity contribution < 1.29 is 54.1 Å². The third-order valence-electron chi connectivity index (χ3n) is 7.76. The lowest BCUT2D eigenvalue weighted by Crippen LogP contribution is -2.30. The van der Waals surface area contributed by atoms with E-state index in [-0.39, 0.29) is 41.6 Å². The number of nitrogens with zero attached hydrogens (tertiary/aromatic N) is 3. The van der Waals surface area contributed by atoms with Crippen LogP contribution in [0.15, 0.2) is 83.8 Å². The number of anilines is 1. The number of carbonyl (C=O) groups excluding carboxylic acids is 2. The number of para-hydroxylation sites is 1. The zero-order valence-corrected chi connectivity index (χ0v) is 33.6. The lowest BCUT2D eigenvalue weighted by molar-refractivity contribution is -0.147. The highest BCUT2D eigenvalue weighted by atomic mass is 32.2. The Morgan fingerprint density at radius 3 is 2.12 bits per heavy atom. The van der Waals surface area contributed by atoms with Crippen molar-refractivity contribution in [1.29, 1.82) is 0 Å². The van der Waals surface area contributed by atoms with Crippen LogP contribution in [0.2, 0.25) is 0 Å². The number of ether oxygens (including phenoxy) is 3. The fraction of sp³-hybridized carbons (Fsp3) is 0.297. The molecule has 4 N–H and O–H groups in total. The molecule has 0 radical (unpaired) electrons. The number of nitrogens with one attached hydrogen (secondary N) is 2. The van der Waals surface area contributed by atoms with Gasteiger partial charge in [-0.3, -0.25) is 33.2 Å². The first kappa shape index (κ1) is 45.7. The summed E-state index contributed by atoms with van der Waals surface area (Å²) in [5.74, 6) is -1.34. The van der Waals surface area contributed by atoms with Crippen LogP contribution in [0.4, 0.5) is 10.1 Å². The molecule has 0 aliphatic carbocycles. The quantitative estimate of drug-likeness (QED) is 0.0936. The number of halogens is 1. The van der Waals surface area contributed by atoms with Gasteiger partial charge >= 0.3 is 5.97 Å². The van der Waals surface area contributed by atoms with Gasteiger partial charge in [-0.15, -0.1) is 0 Å². The third-order valence-corrected chi connectivity index (χ3v) is 9.22. The predicted molar refractivity (Wildman–Crippen MR) is 211 cm³/mol. The highest BCUT2D eigenvalue weighted by molar-refractivity contribution is 7.85. The molecule has 1 amide bonds. The van der Waals surface area contributed by atoms with Crippen molar-refractivity contribution in [3.63, 3.8) is 0 Å². The summed E-state index contributed by atoms with van der Waals surface area (Å²) in [6, 6.07) is 19.7. The molecular formula is C37H44FN5O12S2. The van der Waals surface area contributed by atoms with E-state index in [0.717, 1.165) is 6.07 Å². The second-order valence-corrected chi connectivity index (χ2v) is 15.4.